The van der Waals surface area contributed by atoms with Gasteiger partial charge in [-0.1, -0.05) is 0 Å². The Balaban J connectivity index is 2.69. The zero-order valence-electron chi connectivity index (χ0n) is 7.74. The number of halogens is 1. The van der Waals surface area contributed by atoms with Crippen LogP contribution in [0.5, 0.6) is 0 Å². The van der Waals surface area contributed by atoms with Crippen molar-refractivity contribution in [2.24, 2.45) is 5.92 Å². The van der Waals surface area contributed by atoms with Crippen LogP contribution in [0, 0.1) is 5.92 Å². The smallest absolute Gasteiger partial charge is 0.469 e. The van der Waals surface area contributed by atoms with Crippen LogP contribution in [0.25, 0.3) is 0 Å². The average Bonchev–Trinajstić information content (AvgIpc) is 2.05. The summed E-state index contributed by atoms with van der Waals surface area (Å²) in [6, 6.07) is 0. The van der Waals surface area contributed by atoms with E-state index in [2.05, 4.69) is 4.52 Å². The molecule has 1 aliphatic rings. The van der Waals surface area contributed by atoms with Crippen molar-refractivity contribution in [1.82, 2.24) is 0 Å². The van der Waals surface area contributed by atoms with Crippen LogP contribution in [0.2, 0.25) is 0 Å². The van der Waals surface area contributed by atoms with E-state index in [4.69, 9.17) is 26.5 Å². The van der Waals surface area contributed by atoms with Crippen LogP contribution in [-0.4, -0.2) is 32.3 Å². The van der Waals surface area contributed by atoms with Gasteiger partial charge in [0.2, 0.25) is 0 Å². The molecule has 0 aliphatic heterocycles. The van der Waals surface area contributed by atoms with Gasteiger partial charge in [0, 0.05) is 5.38 Å². The third kappa shape index (κ3) is 4.09. The van der Waals surface area contributed by atoms with Gasteiger partial charge < -0.3 is 14.9 Å². The Labute approximate surface area is 91.4 Å². The lowest BCUT2D eigenvalue weighted by Gasteiger charge is -2.30. The lowest BCUT2D eigenvalue weighted by Crippen LogP contribution is -2.36. The van der Waals surface area contributed by atoms with E-state index >= 15 is 0 Å². The Morgan fingerprint density at radius 3 is 2.47 bits per heavy atom. The predicted molar refractivity (Wildman–Crippen MR) is 51.5 cm³/mol. The van der Waals surface area contributed by atoms with Crippen molar-refractivity contribution in [2.75, 3.05) is 0 Å². The standard InChI is InChI=1S/C7H12ClO6P/c8-4-1-2-6(14-15(11,12)13)5(3-4)7(9)10/h4-6H,1-3H2,(H,9,10)(H2,11,12,13). The summed E-state index contributed by atoms with van der Waals surface area (Å²) in [6.07, 6.45) is -0.0494. The molecular formula is C7H12ClO6P. The van der Waals surface area contributed by atoms with Crippen molar-refractivity contribution < 1.29 is 28.8 Å². The monoisotopic (exact) mass is 258 g/mol. The maximum absolute atomic E-state index is 10.8. The molecule has 0 heterocycles. The number of hydrogen-bond donors (Lipinski definition) is 3. The van der Waals surface area contributed by atoms with Gasteiger partial charge in [0.25, 0.3) is 0 Å². The Bertz CT molecular complexity index is 289. The van der Waals surface area contributed by atoms with Crippen molar-refractivity contribution in [3.8, 4) is 0 Å². The molecule has 1 fully saturated rings. The molecule has 8 heteroatoms. The first kappa shape index (κ1) is 12.9. The van der Waals surface area contributed by atoms with Crippen LogP contribution >= 0.6 is 19.4 Å². The third-order valence-electron chi connectivity index (χ3n) is 2.31. The second-order valence-corrected chi connectivity index (χ2v) is 5.30. The molecular weight excluding hydrogens is 246 g/mol. The fourth-order valence-corrected chi connectivity index (χ4v) is 2.58. The number of phosphoric acid groups is 1. The fourth-order valence-electron chi connectivity index (χ4n) is 1.65. The summed E-state index contributed by atoms with van der Waals surface area (Å²) < 4.78 is 15.0. The number of alkyl halides is 1. The number of rotatable bonds is 3. The lowest BCUT2D eigenvalue weighted by atomic mass is 9.86. The minimum atomic E-state index is -4.64. The van der Waals surface area contributed by atoms with E-state index in [-0.39, 0.29) is 18.2 Å². The van der Waals surface area contributed by atoms with E-state index in [1.165, 1.54) is 0 Å². The number of hydrogen-bond acceptors (Lipinski definition) is 3. The topological polar surface area (TPSA) is 104 Å². The second-order valence-electron chi connectivity index (χ2n) is 3.49. The van der Waals surface area contributed by atoms with Gasteiger partial charge in [0.15, 0.2) is 0 Å². The molecule has 1 rings (SSSR count). The third-order valence-corrected chi connectivity index (χ3v) is 3.25. The summed E-state index contributed by atoms with van der Waals surface area (Å²) in [5.41, 5.74) is 0. The highest BCUT2D eigenvalue weighted by molar-refractivity contribution is 7.46. The van der Waals surface area contributed by atoms with Crippen LogP contribution < -0.4 is 0 Å². The van der Waals surface area contributed by atoms with Gasteiger partial charge in [-0.25, -0.2) is 4.57 Å². The highest BCUT2D eigenvalue weighted by Crippen LogP contribution is 2.43. The molecule has 0 aromatic rings. The molecule has 88 valence electrons. The van der Waals surface area contributed by atoms with E-state index in [0.29, 0.717) is 6.42 Å². The van der Waals surface area contributed by atoms with E-state index in [0.717, 1.165) is 0 Å². The van der Waals surface area contributed by atoms with Gasteiger partial charge in [0.05, 0.1) is 12.0 Å². The summed E-state index contributed by atoms with van der Waals surface area (Å²) in [7, 11) is -4.64. The molecule has 0 amide bonds. The molecule has 1 saturated carbocycles. The Kier molecular flexibility index (Phi) is 4.14. The molecule has 0 aromatic carbocycles. The number of carboxylic acids is 1. The zero-order chi connectivity index (χ0) is 11.6. The van der Waals surface area contributed by atoms with Crippen LogP contribution in [0.4, 0.5) is 0 Å². The number of carbonyl (C=O) groups is 1. The van der Waals surface area contributed by atoms with Crippen molar-refractivity contribution in [2.45, 2.75) is 30.7 Å². The summed E-state index contributed by atoms with van der Waals surface area (Å²) >= 11 is 5.78. The summed E-state index contributed by atoms with van der Waals surface area (Å²) in [5, 5.41) is 8.56. The molecule has 0 spiro atoms. The second kappa shape index (κ2) is 4.80. The SMILES string of the molecule is O=C(O)C1CC(Cl)CCC1OP(=O)(O)O. The highest BCUT2D eigenvalue weighted by atomic mass is 35.5. The minimum absolute atomic E-state index is 0.168. The van der Waals surface area contributed by atoms with Gasteiger partial charge in [-0.15, -0.1) is 11.6 Å². The van der Waals surface area contributed by atoms with Crippen LogP contribution in [0.15, 0.2) is 0 Å². The number of phosphoric ester groups is 1. The normalized spacial score (nSPS) is 32.6. The zero-order valence-corrected chi connectivity index (χ0v) is 9.40. The number of carboxylic acid groups (broad SMARTS) is 1. The van der Waals surface area contributed by atoms with Gasteiger partial charge in [-0.3, -0.25) is 9.32 Å². The maximum Gasteiger partial charge on any atom is 0.469 e. The van der Waals surface area contributed by atoms with Crippen molar-refractivity contribution in [1.29, 1.82) is 0 Å². The minimum Gasteiger partial charge on any atom is -0.481 e. The van der Waals surface area contributed by atoms with Gasteiger partial charge >= 0.3 is 13.8 Å². The predicted octanol–water partition coefficient (Wildman–Crippen LogP) is 0.956. The first-order valence-electron chi connectivity index (χ1n) is 4.40. The molecule has 0 aromatic heterocycles. The molecule has 0 bridgehead atoms. The van der Waals surface area contributed by atoms with E-state index in [9.17, 15) is 9.36 Å². The van der Waals surface area contributed by atoms with Gasteiger partial charge in [0.1, 0.15) is 0 Å². The fraction of sp³-hybridized carbons (Fsp3) is 0.857. The van der Waals surface area contributed by atoms with Crippen LogP contribution in [-0.2, 0) is 13.9 Å². The Hall–Kier alpha value is -0.130. The molecule has 0 saturated heterocycles. The molecule has 3 N–H and O–H groups in total. The van der Waals surface area contributed by atoms with E-state index < -0.39 is 25.8 Å². The molecule has 3 unspecified atom stereocenters. The van der Waals surface area contributed by atoms with Crippen LogP contribution in [0.3, 0.4) is 0 Å². The first-order valence-corrected chi connectivity index (χ1v) is 6.37. The molecule has 0 radical (unpaired) electrons. The number of aliphatic carboxylic acids is 1. The van der Waals surface area contributed by atoms with Gasteiger partial charge in [-0.05, 0) is 19.3 Å². The molecule has 3 atom stereocenters. The molecule has 15 heavy (non-hydrogen) atoms. The average molecular weight is 259 g/mol. The van der Waals surface area contributed by atoms with Crippen molar-refractivity contribution in [3.05, 3.63) is 0 Å². The summed E-state index contributed by atoms with van der Waals surface area (Å²) in [6.45, 7) is 0. The van der Waals surface area contributed by atoms with E-state index in [1.807, 2.05) is 0 Å². The Morgan fingerprint density at radius 2 is 2.00 bits per heavy atom. The lowest BCUT2D eigenvalue weighted by molar-refractivity contribution is -0.146. The maximum atomic E-state index is 10.8. The van der Waals surface area contributed by atoms with Crippen LogP contribution in [0.1, 0.15) is 19.3 Å². The summed E-state index contributed by atoms with van der Waals surface area (Å²) in [4.78, 5) is 28.0. The van der Waals surface area contributed by atoms with Crippen molar-refractivity contribution in [3.63, 3.8) is 0 Å². The van der Waals surface area contributed by atoms with E-state index in [1.54, 1.807) is 0 Å². The Morgan fingerprint density at radius 1 is 1.40 bits per heavy atom. The molecule has 1 aliphatic carbocycles. The van der Waals surface area contributed by atoms with Gasteiger partial charge in [-0.2, -0.15) is 0 Å². The largest absolute Gasteiger partial charge is 0.481 e. The highest BCUT2D eigenvalue weighted by Gasteiger charge is 2.38. The molecule has 6 nitrogen and oxygen atoms in total. The quantitative estimate of drug-likeness (QED) is 0.514. The van der Waals surface area contributed by atoms with Crippen molar-refractivity contribution >= 4 is 25.4 Å². The summed E-state index contributed by atoms with van der Waals surface area (Å²) in [5.74, 6) is -2.09. The first-order chi connectivity index (χ1) is 6.79.